The van der Waals surface area contributed by atoms with Crippen molar-refractivity contribution >= 4 is 5.97 Å². The van der Waals surface area contributed by atoms with Crippen molar-refractivity contribution in [3.8, 4) is 11.3 Å². The number of carbonyl (C=O) groups excluding carboxylic acids is 1. The molecule has 2 aromatic rings. The summed E-state index contributed by atoms with van der Waals surface area (Å²) >= 11 is 0. The van der Waals surface area contributed by atoms with Gasteiger partial charge in [0.1, 0.15) is 5.69 Å². The number of benzene rings is 1. The first-order valence-corrected chi connectivity index (χ1v) is 6.66. The molecule has 0 fully saturated rings. The molecule has 1 aromatic heterocycles. The van der Waals surface area contributed by atoms with Gasteiger partial charge in [0, 0.05) is 11.6 Å². The van der Waals surface area contributed by atoms with Gasteiger partial charge in [0.2, 0.25) is 5.76 Å². The molecule has 0 saturated heterocycles. The molecule has 0 N–H and O–H groups in total. The van der Waals surface area contributed by atoms with E-state index < -0.39 is 5.97 Å². The average Bonchev–Trinajstić information content (AvgIpc) is 2.88. The summed E-state index contributed by atoms with van der Waals surface area (Å²) in [6, 6.07) is 9.69. The Labute approximate surface area is 118 Å². The molecule has 4 nitrogen and oxygen atoms in total. The van der Waals surface area contributed by atoms with Gasteiger partial charge in [0.05, 0.1) is 6.61 Å². The molecule has 4 heteroatoms. The second-order valence-corrected chi connectivity index (χ2v) is 5.62. The Morgan fingerprint density at radius 3 is 2.45 bits per heavy atom. The van der Waals surface area contributed by atoms with E-state index in [1.165, 1.54) is 5.56 Å². The normalized spacial score (nSPS) is 11.4. The Kier molecular flexibility index (Phi) is 3.93. The fourth-order valence-corrected chi connectivity index (χ4v) is 1.85. The predicted octanol–water partition coefficient (Wildman–Crippen LogP) is 3.82. The van der Waals surface area contributed by atoms with E-state index in [0.29, 0.717) is 12.3 Å². The number of aromatic nitrogens is 1. The zero-order valence-electron chi connectivity index (χ0n) is 12.3. The highest BCUT2D eigenvalue weighted by Gasteiger charge is 2.16. The number of hydrogen-bond acceptors (Lipinski definition) is 4. The second-order valence-electron chi connectivity index (χ2n) is 5.62. The summed E-state index contributed by atoms with van der Waals surface area (Å²) < 4.78 is 9.87. The van der Waals surface area contributed by atoms with Crippen molar-refractivity contribution in [1.82, 2.24) is 5.16 Å². The number of carbonyl (C=O) groups is 1. The van der Waals surface area contributed by atoms with E-state index in [1.807, 2.05) is 12.1 Å². The molecular formula is C16H19NO3. The summed E-state index contributed by atoms with van der Waals surface area (Å²) in [5, 5.41) is 3.91. The quantitative estimate of drug-likeness (QED) is 0.798. The molecule has 106 valence electrons. The lowest BCUT2D eigenvalue weighted by molar-refractivity contribution is 0.0480. The van der Waals surface area contributed by atoms with E-state index in [1.54, 1.807) is 13.0 Å². The number of esters is 1. The molecular weight excluding hydrogens is 254 g/mol. The minimum Gasteiger partial charge on any atom is -0.460 e. The number of ether oxygens (including phenoxy) is 1. The molecule has 0 amide bonds. The maximum Gasteiger partial charge on any atom is 0.377 e. The van der Waals surface area contributed by atoms with Crippen molar-refractivity contribution in [3.05, 3.63) is 41.7 Å². The van der Waals surface area contributed by atoms with Gasteiger partial charge in [-0.3, -0.25) is 0 Å². The van der Waals surface area contributed by atoms with Gasteiger partial charge in [-0.25, -0.2) is 4.79 Å². The van der Waals surface area contributed by atoms with E-state index in [0.717, 1.165) is 5.56 Å². The molecule has 0 saturated carbocycles. The van der Waals surface area contributed by atoms with Crippen LogP contribution in [0, 0.1) is 0 Å². The lowest BCUT2D eigenvalue weighted by Crippen LogP contribution is -2.10. The highest BCUT2D eigenvalue weighted by molar-refractivity contribution is 5.87. The van der Waals surface area contributed by atoms with Crippen LogP contribution in [0.5, 0.6) is 0 Å². The van der Waals surface area contributed by atoms with Crippen molar-refractivity contribution in [2.45, 2.75) is 33.1 Å². The molecule has 0 bridgehead atoms. The van der Waals surface area contributed by atoms with Gasteiger partial charge < -0.3 is 9.26 Å². The monoisotopic (exact) mass is 273 g/mol. The van der Waals surface area contributed by atoms with Crippen LogP contribution in [0.2, 0.25) is 0 Å². The topological polar surface area (TPSA) is 52.3 Å². The van der Waals surface area contributed by atoms with Crippen LogP contribution >= 0.6 is 0 Å². The minimum absolute atomic E-state index is 0.110. The van der Waals surface area contributed by atoms with E-state index >= 15 is 0 Å². The van der Waals surface area contributed by atoms with Gasteiger partial charge in [-0.2, -0.15) is 0 Å². The van der Waals surface area contributed by atoms with Gasteiger partial charge in [0.15, 0.2) is 0 Å². The highest BCUT2D eigenvalue weighted by Crippen LogP contribution is 2.26. The zero-order chi connectivity index (χ0) is 14.8. The fourth-order valence-electron chi connectivity index (χ4n) is 1.85. The van der Waals surface area contributed by atoms with Crippen LogP contribution in [0.15, 0.2) is 34.9 Å². The maximum absolute atomic E-state index is 11.5. The third kappa shape index (κ3) is 3.07. The molecule has 20 heavy (non-hydrogen) atoms. The predicted molar refractivity (Wildman–Crippen MR) is 76.6 cm³/mol. The molecule has 0 aliphatic carbocycles. The van der Waals surface area contributed by atoms with E-state index in [9.17, 15) is 4.79 Å². The Balaban J connectivity index is 2.22. The van der Waals surface area contributed by atoms with Crippen LogP contribution in [0.1, 0.15) is 43.8 Å². The molecule has 0 aliphatic heterocycles. The Morgan fingerprint density at radius 2 is 1.90 bits per heavy atom. The smallest absolute Gasteiger partial charge is 0.377 e. The Morgan fingerprint density at radius 1 is 1.25 bits per heavy atom. The third-order valence-corrected chi connectivity index (χ3v) is 3.03. The Bertz CT molecular complexity index is 591. The fraction of sp³-hybridized carbons (Fsp3) is 0.375. The highest BCUT2D eigenvalue weighted by atomic mass is 16.6. The number of hydrogen-bond donors (Lipinski definition) is 0. The third-order valence-electron chi connectivity index (χ3n) is 3.03. The molecule has 2 rings (SSSR count). The van der Waals surface area contributed by atoms with Gasteiger partial charge in [0.25, 0.3) is 0 Å². The zero-order valence-corrected chi connectivity index (χ0v) is 12.3. The summed E-state index contributed by atoms with van der Waals surface area (Å²) in [7, 11) is 0. The number of rotatable bonds is 3. The van der Waals surface area contributed by atoms with Crippen LogP contribution < -0.4 is 0 Å². The summed E-state index contributed by atoms with van der Waals surface area (Å²) in [6.45, 7) is 8.56. The van der Waals surface area contributed by atoms with E-state index in [-0.39, 0.29) is 11.2 Å². The molecule has 1 heterocycles. The van der Waals surface area contributed by atoms with Crippen LogP contribution in [0.25, 0.3) is 11.3 Å². The molecule has 1 aromatic carbocycles. The van der Waals surface area contributed by atoms with Gasteiger partial charge in [-0.15, -0.1) is 0 Å². The molecule has 0 radical (unpaired) electrons. The first kappa shape index (κ1) is 14.3. The Hall–Kier alpha value is -2.10. The molecule has 0 spiro atoms. The SMILES string of the molecule is CCOC(=O)c1cc(-c2ccc(C(C)(C)C)cc2)no1. The summed E-state index contributed by atoms with van der Waals surface area (Å²) in [5.41, 5.74) is 2.90. The second kappa shape index (κ2) is 5.49. The standard InChI is InChI=1S/C16H19NO3/c1-5-19-15(18)14-10-13(17-20-14)11-6-8-12(9-7-11)16(2,3)4/h6-10H,5H2,1-4H3. The van der Waals surface area contributed by atoms with Crippen molar-refractivity contribution in [2.24, 2.45) is 0 Å². The lowest BCUT2D eigenvalue weighted by atomic mass is 9.86. The van der Waals surface area contributed by atoms with Crippen molar-refractivity contribution in [3.63, 3.8) is 0 Å². The van der Waals surface area contributed by atoms with Gasteiger partial charge in [-0.05, 0) is 17.9 Å². The minimum atomic E-state index is -0.488. The van der Waals surface area contributed by atoms with Crippen LogP contribution in [-0.2, 0) is 10.2 Å². The first-order valence-electron chi connectivity index (χ1n) is 6.66. The summed E-state index contributed by atoms with van der Waals surface area (Å²) in [5.74, 6) is -0.362. The van der Waals surface area contributed by atoms with Gasteiger partial charge in [-0.1, -0.05) is 50.2 Å². The summed E-state index contributed by atoms with van der Waals surface area (Å²) in [4.78, 5) is 11.5. The maximum atomic E-state index is 11.5. The largest absolute Gasteiger partial charge is 0.460 e. The van der Waals surface area contributed by atoms with Crippen LogP contribution in [-0.4, -0.2) is 17.7 Å². The van der Waals surface area contributed by atoms with Gasteiger partial charge >= 0.3 is 5.97 Å². The van der Waals surface area contributed by atoms with Crippen molar-refractivity contribution in [1.29, 1.82) is 0 Å². The molecule has 0 aliphatic rings. The van der Waals surface area contributed by atoms with Crippen molar-refractivity contribution < 1.29 is 14.1 Å². The summed E-state index contributed by atoms with van der Waals surface area (Å²) in [6.07, 6.45) is 0. The van der Waals surface area contributed by atoms with Crippen LogP contribution in [0.3, 0.4) is 0 Å². The molecule has 0 atom stereocenters. The van der Waals surface area contributed by atoms with E-state index in [2.05, 4.69) is 38.1 Å². The van der Waals surface area contributed by atoms with E-state index in [4.69, 9.17) is 9.26 Å². The number of nitrogens with zero attached hydrogens (tertiary/aromatic N) is 1. The molecule has 0 unspecified atom stereocenters. The van der Waals surface area contributed by atoms with Crippen LogP contribution in [0.4, 0.5) is 0 Å². The average molecular weight is 273 g/mol. The van der Waals surface area contributed by atoms with Crippen molar-refractivity contribution in [2.75, 3.05) is 6.61 Å². The first-order chi connectivity index (χ1) is 9.41. The lowest BCUT2D eigenvalue weighted by Gasteiger charge is -2.18.